The fraction of sp³-hybridized carbons (Fsp3) is 0.312. The topological polar surface area (TPSA) is 48.1 Å². The van der Waals surface area contributed by atoms with E-state index in [1.807, 2.05) is 45.0 Å². The molecule has 0 aliphatic heterocycles. The first-order chi connectivity index (χ1) is 9.11. The van der Waals surface area contributed by atoms with Crippen LogP contribution >= 0.6 is 0 Å². The summed E-state index contributed by atoms with van der Waals surface area (Å²) >= 11 is 0. The Labute approximate surface area is 115 Å². The van der Waals surface area contributed by atoms with Gasteiger partial charge >= 0.3 is 0 Å². The van der Waals surface area contributed by atoms with Gasteiger partial charge in [-0.3, -0.25) is 4.98 Å². The minimum absolute atomic E-state index is 0.681. The molecule has 0 aliphatic carbocycles. The number of hydrogen-bond acceptors (Lipinski definition) is 3. The second kappa shape index (κ2) is 6.78. The van der Waals surface area contributed by atoms with Crippen LogP contribution in [0, 0.1) is 13.8 Å². The number of aromatic nitrogens is 1. The summed E-state index contributed by atoms with van der Waals surface area (Å²) in [5.74, 6) is 0.862. The predicted octanol–water partition coefficient (Wildman–Crippen LogP) is 3.98. The number of nitrogens with zero attached hydrogens (tertiary/aromatic N) is 1. The zero-order valence-corrected chi connectivity index (χ0v) is 12.3. The highest BCUT2D eigenvalue weighted by molar-refractivity contribution is 5.72. The summed E-state index contributed by atoms with van der Waals surface area (Å²) in [6.07, 6.45) is 1.68. The van der Waals surface area contributed by atoms with E-state index in [0.29, 0.717) is 5.69 Å². The third-order valence-electron chi connectivity index (χ3n) is 2.83. The van der Waals surface area contributed by atoms with E-state index >= 15 is 0 Å². The van der Waals surface area contributed by atoms with Crippen molar-refractivity contribution < 1.29 is 4.74 Å². The highest BCUT2D eigenvalue weighted by Crippen LogP contribution is 2.29. The van der Waals surface area contributed by atoms with Crippen LogP contribution in [-0.4, -0.2) is 12.1 Å². The van der Waals surface area contributed by atoms with Gasteiger partial charge in [0.25, 0.3) is 0 Å². The SMILES string of the molecule is CC.COc1ccc(-c2cc(N)cnc2C)c(C)c1. The predicted molar refractivity (Wildman–Crippen MR) is 81.5 cm³/mol. The van der Waals surface area contributed by atoms with Crippen LogP contribution in [0.2, 0.25) is 0 Å². The van der Waals surface area contributed by atoms with Crippen molar-refractivity contribution in [3.63, 3.8) is 0 Å². The Morgan fingerprint density at radius 2 is 1.74 bits per heavy atom. The molecule has 3 heteroatoms. The van der Waals surface area contributed by atoms with Crippen LogP contribution in [0.15, 0.2) is 30.5 Å². The van der Waals surface area contributed by atoms with E-state index in [0.717, 1.165) is 28.1 Å². The summed E-state index contributed by atoms with van der Waals surface area (Å²) < 4.78 is 5.20. The molecule has 0 atom stereocenters. The van der Waals surface area contributed by atoms with Gasteiger partial charge < -0.3 is 10.5 Å². The average molecular weight is 258 g/mol. The van der Waals surface area contributed by atoms with Crippen molar-refractivity contribution in [1.29, 1.82) is 0 Å². The van der Waals surface area contributed by atoms with E-state index in [2.05, 4.69) is 11.9 Å². The molecule has 2 N–H and O–H groups in total. The number of anilines is 1. The third kappa shape index (κ3) is 3.47. The van der Waals surface area contributed by atoms with Crippen molar-refractivity contribution >= 4 is 5.69 Å². The van der Waals surface area contributed by atoms with E-state index in [1.165, 1.54) is 0 Å². The number of benzene rings is 1. The molecule has 0 amide bonds. The maximum absolute atomic E-state index is 5.78. The van der Waals surface area contributed by atoms with Gasteiger partial charge in [-0.15, -0.1) is 0 Å². The van der Waals surface area contributed by atoms with Crippen LogP contribution in [0.25, 0.3) is 11.1 Å². The number of nitrogens with two attached hydrogens (primary N) is 1. The van der Waals surface area contributed by atoms with Crippen LogP contribution in [0.5, 0.6) is 5.75 Å². The van der Waals surface area contributed by atoms with Gasteiger partial charge in [0.05, 0.1) is 19.0 Å². The van der Waals surface area contributed by atoms with Gasteiger partial charge in [-0.25, -0.2) is 0 Å². The maximum Gasteiger partial charge on any atom is 0.119 e. The van der Waals surface area contributed by atoms with Gasteiger partial charge in [0.15, 0.2) is 0 Å². The molecule has 0 radical (unpaired) electrons. The number of aryl methyl sites for hydroxylation is 2. The van der Waals surface area contributed by atoms with Crippen LogP contribution in [0.3, 0.4) is 0 Å². The Kier molecular flexibility index (Phi) is 5.37. The Morgan fingerprint density at radius 3 is 2.32 bits per heavy atom. The van der Waals surface area contributed by atoms with Crippen molar-refractivity contribution in [3.05, 3.63) is 41.7 Å². The molecule has 2 aromatic rings. The smallest absolute Gasteiger partial charge is 0.119 e. The van der Waals surface area contributed by atoms with Gasteiger partial charge in [0.2, 0.25) is 0 Å². The lowest BCUT2D eigenvalue weighted by atomic mass is 9.99. The lowest BCUT2D eigenvalue weighted by Crippen LogP contribution is -1.94. The summed E-state index contributed by atoms with van der Waals surface area (Å²) in [5, 5.41) is 0. The monoisotopic (exact) mass is 258 g/mol. The Morgan fingerprint density at radius 1 is 1.05 bits per heavy atom. The first kappa shape index (κ1) is 15.0. The number of methoxy groups -OCH3 is 1. The molecule has 0 spiro atoms. The second-order valence-corrected chi connectivity index (χ2v) is 4.08. The van der Waals surface area contributed by atoms with E-state index in [1.54, 1.807) is 13.3 Å². The van der Waals surface area contributed by atoms with Gasteiger partial charge in [-0.05, 0) is 43.2 Å². The molecule has 1 heterocycles. The Hall–Kier alpha value is -2.03. The van der Waals surface area contributed by atoms with Crippen molar-refractivity contribution in [2.75, 3.05) is 12.8 Å². The summed E-state index contributed by atoms with van der Waals surface area (Å²) in [5.41, 5.74) is 10.8. The van der Waals surface area contributed by atoms with Crippen LogP contribution in [-0.2, 0) is 0 Å². The van der Waals surface area contributed by atoms with E-state index in [4.69, 9.17) is 10.5 Å². The van der Waals surface area contributed by atoms with E-state index in [-0.39, 0.29) is 0 Å². The fourth-order valence-electron chi connectivity index (χ4n) is 1.89. The lowest BCUT2D eigenvalue weighted by molar-refractivity contribution is 0.414. The Balaban J connectivity index is 0.000000861. The molecule has 1 aromatic heterocycles. The summed E-state index contributed by atoms with van der Waals surface area (Å²) in [6.45, 7) is 8.04. The minimum atomic E-state index is 0.681. The molecule has 2 rings (SSSR count). The first-order valence-corrected chi connectivity index (χ1v) is 6.49. The Bertz CT molecular complexity index is 550. The average Bonchev–Trinajstić information content (AvgIpc) is 2.44. The van der Waals surface area contributed by atoms with Crippen molar-refractivity contribution in [2.45, 2.75) is 27.7 Å². The zero-order chi connectivity index (χ0) is 14.4. The van der Waals surface area contributed by atoms with Crippen LogP contribution in [0.1, 0.15) is 25.1 Å². The van der Waals surface area contributed by atoms with Crippen LogP contribution in [0.4, 0.5) is 5.69 Å². The van der Waals surface area contributed by atoms with Gasteiger partial charge in [-0.2, -0.15) is 0 Å². The van der Waals surface area contributed by atoms with Gasteiger partial charge in [-0.1, -0.05) is 19.9 Å². The molecule has 102 valence electrons. The van der Waals surface area contributed by atoms with E-state index < -0.39 is 0 Å². The molecular formula is C16H22N2O. The quantitative estimate of drug-likeness (QED) is 0.886. The molecule has 0 bridgehead atoms. The normalized spacial score (nSPS) is 9.53. The van der Waals surface area contributed by atoms with E-state index in [9.17, 15) is 0 Å². The van der Waals surface area contributed by atoms with Crippen molar-refractivity contribution in [2.24, 2.45) is 0 Å². The summed E-state index contributed by atoms with van der Waals surface area (Å²) in [6, 6.07) is 7.96. The highest BCUT2D eigenvalue weighted by Gasteiger charge is 2.07. The van der Waals surface area contributed by atoms with Crippen molar-refractivity contribution in [3.8, 4) is 16.9 Å². The molecule has 0 unspecified atom stereocenters. The molecule has 0 aliphatic rings. The molecule has 19 heavy (non-hydrogen) atoms. The summed E-state index contributed by atoms with van der Waals surface area (Å²) in [4.78, 5) is 4.28. The van der Waals surface area contributed by atoms with Gasteiger partial charge in [0, 0.05) is 11.3 Å². The standard InChI is InChI=1S/C14H16N2O.C2H6/c1-9-6-12(17-3)4-5-13(9)14-7-11(15)8-16-10(14)2;1-2/h4-8H,15H2,1-3H3;1-2H3. The number of ether oxygens (including phenoxy) is 1. The molecule has 3 nitrogen and oxygen atoms in total. The molecule has 0 saturated heterocycles. The van der Waals surface area contributed by atoms with Gasteiger partial charge in [0.1, 0.15) is 5.75 Å². The molecule has 0 fully saturated rings. The lowest BCUT2D eigenvalue weighted by Gasteiger charge is -2.11. The number of nitrogen functional groups attached to an aromatic ring is 1. The molecular weight excluding hydrogens is 236 g/mol. The zero-order valence-electron chi connectivity index (χ0n) is 12.3. The van der Waals surface area contributed by atoms with Crippen LogP contribution < -0.4 is 10.5 Å². The molecule has 0 saturated carbocycles. The first-order valence-electron chi connectivity index (χ1n) is 6.49. The minimum Gasteiger partial charge on any atom is -0.497 e. The molecule has 1 aromatic carbocycles. The second-order valence-electron chi connectivity index (χ2n) is 4.08. The third-order valence-corrected chi connectivity index (χ3v) is 2.83. The summed E-state index contributed by atoms with van der Waals surface area (Å²) in [7, 11) is 1.67. The fourth-order valence-corrected chi connectivity index (χ4v) is 1.89. The maximum atomic E-state index is 5.78. The number of rotatable bonds is 2. The highest BCUT2D eigenvalue weighted by atomic mass is 16.5. The van der Waals surface area contributed by atoms with Crippen molar-refractivity contribution in [1.82, 2.24) is 4.98 Å². The largest absolute Gasteiger partial charge is 0.497 e. The number of hydrogen-bond donors (Lipinski definition) is 1. The number of pyridine rings is 1.